The maximum atomic E-state index is 14.6. The number of nitrogens with one attached hydrogen (secondary N) is 1. The van der Waals surface area contributed by atoms with Crippen LogP contribution in [0.5, 0.6) is 5.75 Å². The summed E-state index contributed by atoms with van der Waals surface area (Å²) in [7, 11) is 0. The van der Waals surface area contributed by atoms with Crippen LogP contribution < -0.4 is 10.1 Å². The largest absolute Gasteiger partial charge is 0.493 e. The zero-order valence-electron chi connectivity index (χ0n) is 17.6. The van der Waals surface area contributed by atoms with Crippen LogP contribution in [0.4, 0.5) is 4.39 Å². The topological polar surface area (TPSA) is 55.4 Å². The molecule has 2 aliphatic rings. The van der Waals surface area contributed by atoms with E-state index < -0.39 is 11.7 Å². The lowest BCUT2D eigenvalue weighted by atomic mass is 9.73. The van der Waals surface area contributed by atoms with E-state index in [1.54, 1.807) is 12.1 Å². The number of carbonyl (C=O) groups is 2. The Labute approximate surface area is 190 Å². The van der Waals surface area contributed by atoms with E-state index in [0.717, 1.165) is 15.8 Å². The highest BCUT2D eigenvalue weighted by Crippen LogP contribution is 2.43. The van der Waals surface area contributed by atoms with E-state index >= 15 is 0 Å². The van der Waals surface area contributed by atoms with Gasteiger partial charge >= 0.3 is 0 Å². The number of hydrogen-bond acceptors (Lipinski definition) is 3. The van der Waals surface area contributed by atoms with Crippen LogP contribution in [-0.2, 0) is 9.59 Å². The number of carbonyl (C=O) groups excluding carboxylic acids is 2. The molecule has 1 aliphatic carbocycles. The summed E-state index contributed by atoms with van der Waals surface area (Å²) in [5.74, 6) is 0.0410. The van der Waals surface area contributed by atoms with Crippen LogP contribution in [0.25, 0.3) is 0 Å². The number of ketones is 1. The van der Waals surface area contributed by atoms with Crippen LogP contribution in [0, 0.1) is 11.7 Å². The lowest BCUT2D eigenvalue weighted by Crippen LogP contribution is -2.38. The van der Waals surface area contributed by atoms with Gasteiger partial charge in [-0.3, -0.25) is 9.59 Å². The number of halogens is 2. The summed E-state index contributed by atoms with van der Waals surface area (Å²) in [5, 5.41) is 2.89. The maximum absolute atomic E-state index is 14.6. The number of rotatable bonds is 5. The van der Waals surface area contributed by atoms with Crippen molar-refractivity contribution >= 4 is 27.6 Å². The molecule has 0 spiro atoms. The van der Waals surface area contributed by atoms with Crippen molar-refractivity contribution in [2.24, 2.45) is 5.92 Å². The third-order valence-corrected chi connectivity index (χ3v) is 6.30. The van der Waals surface area contributed by atoms with E-state index in [2.05, 4.69) is 35.1 Å². The molecule has 0 saturated heterocycles. The van der Waals surface area contributed by atoms with Crippen molar-refractivity contribution in [3.8, 4) is 5.75 Å². The molecule has 0 bridgehead atoms. The zero-order chi connectivity index (χ0) is 22.1. The molecule has 2 unspecified atom stereocenters. The minimum absolute atomic E-state index is 0.0307. The second-order valence-corrected chi connectivity index (χ2v) is 9.58. The van der Waals surface area contributed by atoms with Gasteiger partial charge in [0.2, 0.25) is 5.91 Å². The fourth-order valence-corrected chi connectivity index (χ4v) is 4.72. The van der Waals surface area contributed by atoms with E-state index in [1.165, 1.54) is 6.07 Å². The van der Waals surface area contributed by atoms with E-state index in [-0.39, 0.29) is 24.0 Å². The average Bonchev–Trinajstić information content (AvgIpc) is 2.73. The molecule has 4 rings (SSSR count). The summed E-state index contributed by atoms with van der Waals surface area (Å²) < 4.78 is 21.0. The fourth-order valence-electron chi connectivity index (χ4n) is 4.34. The third-order valence-electron chi connectivity index (χ3n) is 5.80. The van der Waals surface area contributed by atoms with Gasteiger partial charge in [0.1, 0.15) is 11.6 Å². The number of amides is 1. The molecule has 1 amide bonds. The predicted molar refractivity (Wildman–Crippen MR) is 120 cm³/mol. The molecular formula is C25H25BrFNO3. The van der Waals surface area contributed by atoms with E-state index in [9.17, 15) is 14.0 Å². The molecule has 2 atom stereocenters. The molecule has 0 radical (unpaired) electrons. The van der Waals surface area contributed by atoms with Gasteiger partial charge in [0.25, 0.3) is 0 Å². The molecular weight excluding hydrogens is 461 g/mol. The van der Waals surface area contributed by atoms with E-state index in [4.69, 9.17) is 4.74 Å². The first kappa shape index (κ1) is 21.8. The van der Waals surface area contributed by atoms with Crippen LogP contribution in [0.3, 0.4) is 0 Å². The van der Waals surface area contributed by atoms with Crippen molar-refractivity contribution in [1.29, 1.82) is 0 Å². The Morgan fingerprint density at radius 3 is 2.55 bits per heavy atom. The van der Waals surface area contributed by atoms with Crippen molar-refractivity contribution < 1.29 is 18.7 Å². The smallest absolute Gasteiger partial charge is 0.225 e. The van der Waals surface area contributed by atoms with Crippen LogP contribution >= 0.6 is 15.9 Å². The standard InChI is InChI=1S/C25H25BrFNO3/c1-14(2)13-31-18-6-3-15(4-7-18)16-9-22-25(23(29)10-16)20(12-24(30)28-22)19-11-17(26)5-8-21(19)27/h3-8,11,14,16,20H,9-10,12-13H2,1-2H3,(H,28,30). The predicted octanol–water partition coefficient (Wildman–Crippen LogP) is 5.63. The summed E-state index contributed by atoms with van der Waals surface area (Å²) in [6, 6.07) is 12.5. The molecule has 162 valence electrons. The molecule has 1 N–H and O–H groups in total. The van der Waals surface area contributed by atoms with E-state index in [0.29, 0.717) is 42.2 Å². The van der Waals surface area contributed by atoms with Crippen molar-refractivity contribution in [3.63, 3.8) is 0 Å². The Bertz CT molecular complexity index is 1050. The SMILES string of the molecule is CC(C)COc1ccc(C2CC(=O)C3=C(C2)NC(=O)CC3c2cc(Br)ccc2F)cc1. The third kappa shape index (κ3) is 4.74. The number of Topliss-reactive ketones (excluding diaryl/α,β-unsaturated/α-hetero) is 1. The molecule has 1 aliphatic heterocycles. The number of allylic oxidation sites excluding steroid dienone is 2. The zero-order valence-corrected chi connectivity index (χ0v) is 19.2. The normalized spacial score (nSPS) is 21.2. The Balaban J connectivity index is 1.61. The van der Waals surface area contributed by atoms with Gasteiger partial charge in [-0.25, -0.2) is 4.39 Å². The summed E-state index contributed by atoms with van der Waals surface area (Å²) >= 11 is 3.37. The Morgan fingerprint density at radius 2 is 1.84 bits per heavy atom. The minimum atomic E-state index is -0.554. The van der Waals surface area contributed by atoms with Gasteiger partial charge in [-0.1, -0.05) is 41.9 Å². The van der Waals surface area contributed by atoms with Gasteiger partial charge in [0, 0.05) is 34.5 Å². The van der Waals surface area contributed by atoms with Gasteiger partial charge < -0.3 is 10.1 Å². The van der Waals surface area contributed by atoms with Gasteiger partial charge in [-0.15, -0.1) is 0 Å². The van der Waals surface area contributed by atoms with Crippen molar-refractivity contribution in [1.82, 2.24) is 5.32 Å². The molecule has 0 fully saturated rings. The molecule has 0 saturated carbocycles. The van der Waals surface area contributed by atoms with E-state index in [1.807, 2.05) is 24.3 Å². The highest BCUT2D eigenvalue weighted by molar-refractivity contribution is 9.10. The molecule has 2 aromatic rings. The van der Waals surface area contributed by atoms with Gasteiger partial charge in [0.05, 0.1) is 6.61 Å². The monoisotopic (exact) mass is 485 g/mol. The van der Waals surface area contributed by atoms with Crippen molar-refractivity contribution in [2.75, 3.05) is 6.61 Å². The molecule has 31 heavy (non-hydrogen) atoms. The van der Waals surface area contributed by atoms with Crippen LogP contribution in [0.1, 0.15) is 56.1 Å². The molecule has 6 heteroatoms. The van der Waals surface area contributed by atoms with Gasteiger partial charge in [-0.05, 0) is 59.7 Å². The lowest BCUT2D eigenvalue weighted by molar-refractivity contribution is -0.122. The van der Waals surface area contributed by atoms with Crippen LogP contribution in [0.2, 0.25) is 0 Å². The first-order chi connectivity index (χ1) is 14.8. The molecule has 1 heterocycles. The quantitative estimate of drug-likeness (QED) is 0.597. The number of hydrogen-bond donors (Lipinski definition) is 1. The number of ether oxygens (including phenoxy) is 1. The number of benzene rings is 2. The van der Waals surface area contributed by atoms with Crippen LogP contribution in [0.15, 0.2) is 58.2 Å². The highest BCUT2D eigenvalue weighted by atomic mass is 79.9. The average molecular weight is 486 g/mol. The molecule has 0 aromatic heterocycles. The summed E-state index contributed by atoms with van der Waals surface area (Å²) in [6.45, 7) is 4.84. The van der Waals surface area contributed by atoms with Crippen molar-refractivity contribution in [2.45, 2.75) is 44.9 Å². The Kier molecular flexibility index (Phi) is 6.28. The molecule has 2 aromatic carbocycles. The summed E-state index contributed by atoms with van der Waals surface area (Å²) in [4.78, 5) is 25.6. The Morgan fingerprint density at radius 1 is 1.10 bits per heavy atom. The van der Waals surface area contributed by atoms with Gasteiger partial charge in [-0.2, -0.15) is 0 Å². The first-order valence-corrected chi connectivity index (χ1v) is 11.3. The Hall–Kier alpha value is -2.47. The molecule has 4 nitrogen and oxygen atoms in total. The van der Waals surface area contributed by atoms with Gasteiger partial charge in [0.15, 0.2) is 5.78 Å². The minimum Gasteiger partial charge on any atom is -0.493 e. The maximum Gasteiger partial charge on any atom is 0.225 e. The second kappa shape index (κ2) is 8.95. The lowest BCUT2D eigenvalue weighted by Gasteiger charge is -2.34. The summed E-state index contributed by atoms with van der Waals surface area (Å²) in [6.07, 6.45) is 0.961. The first-order valence-electron chi connectivity index (χ1n) is 10.6. The highest BCUT2D eigenvalue weighted by Gasteiger charge is 2.39. The van der Waals surface area contributed by atoms with Crippen LogP contribution in [-0.4, -0.2) is 18.3 Å². The summed E-state index contributed by atoms with van der Waals surface area (Å²) in [5.41, 5.74) is 2.59. The van der Waals surface area contributed by atoms with Crippen molar-refractivity contribution in [3.05, 3.63) is 75.2 Å². The second-order valence-electron chi connectivity index (χ2n) is 8.67. The fraction of sp³-hybridized carbons (Fsp3) is 0.360.